The van der Waals surface area contributed by atoms with Gasteiger partial charge >= 0.3 is 17.9 Å². The largest absolute Gasteiger partial charge is 0.479 e. The Bertz CT molecular complexity index is 639. The lowest BCUT2D eigenvalue weighted by Crippen LogP contribution is -2.51. The molecule has 3 fully saturated rings. The number of aliphatic carboxylic acids is 2. The number of aliphatic hydroxyl groups is 2. The van der Waals surface area contributed by atoms with Crippen molar-refractivity contribution in [2.45, 2.75) is 31.2 Å². The molecule has 0 radical (unpaired) electrons. The van der Waals surface area contributed by atoms with Crippen molar-refractivity contribution in [3.63, 3.8) is 0 Å². The molecule has 3 aliphatic heterocycles. The van der Waals surface area contributed by atoms with Crippen LogP contribution in [0.1, 0.15) is 23.2 Å². The molecule has 1 aromatic rings. The van der Waals surface area contributed by atoms with Crippen LogP contribution in [0.3, 0.4) is 0 Å². The number of rotatable bonds is 5. The molecule has 0 aromatic heterocycles. The molecule has 1 aromatic carbocycles. The van der Waals surface area contributed by atoms with Gasteiger partial charge in [-0.05, 0) is 44.0 Å². The highest BCUT2D eigenvalue weighted by Gasteiger charge is 2.36. The van der Waals surface area contributed by atoms with Gasteiger partial charge in [-0.1, -0.05) is 18.2 Å². The van der Waals surface area contributed by atoms with E-state index >= 15 is 0 Å². The number of ether oxygens (including phenoxy) is 1. The second kappa shape index (κ2) is 9.45. The van der Waals surface area contributed by atoms with Gasteiger partial charge in [-0.25, -0.2) is 14.4 Å². The highest BCUT2D eigenvalue weighted by Crippen LogP contribution is 2.29. The van der Waals surface area contributed by atoms with Crippen molar-refractivity contribution in [3.8, 4) is 0 Å². The summed E-state index contributed by atoms with van der Waals surface area (Å²) in [5.41, 5.74) is 0.656. The van der Waals surface area contributed by atoms with Gasteiger partial charge in [0.2, 0.25) is 0 Å². The van der Waals surface area contributed by atoms with Crippen molar-refractivity contribution in [2.24, 2.45) is 5.92 Å². The predicted octanol–water partition coefficient (Wildman–Crippen LogP) is -0.185. The van der Waals surface area contributed by atoms with Gasteiger partial charge in [0, 0.05) is 6.54 Å². The van der Waals surface area contributed by atoms with Gasteiger partial charge in [-0.2, -0.15) is 0 Å². The zero-order chi connectivity index (χ0) is 20.0. The molecule has 0 amide bonds. The second-order valence-electron chi connectivity index (χ2n) is 6.51. The molecule has 0 aliphatic carbocycles. The number of fused-ring (bicyclic) bond motifs is 3. The predicted molar refractivity (Wildman–Crippen MR) is 92.1 cm³/mol. The average molecular weight is 381 g/mol. The van der Waals surface area contributed by atoms with Crippen molar-refractivity contribution >= 4 is 17.9 Å². The van der Waals surface area contributed by atoms with Gasteiger partial charge in [0.25, 0.3) is 0 Å². The Labute approximate surface area is 155 Å². The number of carboxylic acids is 2. The molecule has 3 saturated heterocycles. The SMILES string of the molecule is O=C(O)[C@H](O)[C@@H](O)C(=O)O.O=C(O[C@H]1CN2CCC1CC2)c1ccccc1. The third-order valence-corrected chi connectivity index (χ3v) is 4.67. The van der Waals surface area contributed by atoms with Gasteiger partial charge in [-0.15, -0.1) is 0 Å². The molecule has 3 atom stereocenters. The Morgan fingerprint density at radius 1 is 0.963 bits per heavy atom. The first-order chi connectivity index (χ1) is 12.8. The molecule has 148 valence electrons. The van der Waals surface area contributed by atoms with Crippen LogP contribution in [-0.2, 0) is 14.3 Å². The van der Waals surface area contributed by atoms with E-state index in [0.29, 0.717) is 11.5 Å². The maximum absolute atomic E-state index is 11.9. The lowest BCUT2D eigenvalue weighted by molar-refractivity contribution is -0.165. The molecule has 9 heteroatoms. The van der Waals surface area contributed by atoms with Crippen LogP contribution in [0.15, 0.2) is 30.3 Å². The van der Waals surface area contributed by atoms with Crippen molar-refractivity contribution in [1.29, 1.82) is 0 Å². The fraction of sp³-hybridized carbons (Fsp3) is 0.500. The summed E-state index contributed by atoms with van der Waals surface area (Å²) in [5, 5.41) is 32.5. The Morgan fingerprint density at radius 3 is 1.89 bits per heavy atom. The standard InChI is InChI=1S/C14H17NO2.C4H6O6/c16-14(12-4-2-1-3-5-12)17-13-10-15-8-6-11(13)7-9-15;5-1(3(7)8)2(6)4(9)10/h1-5,11,13H,6-10H2;1-2,5-6H,(H,7,8)(H,9,10)/t13-;1-,2-/m01/s1. The summed E-state index contributed by atoms with van der Waals surface area (Å²) in [4.78, 5) is 33.9. The molecule has 0 saturated carbocycles. The number of carbonyl (C=O) groups excluding carboxylic acids is 1. The fourth-order valence-electron chi connectivity index (χ4n) is 3.09. The molecule has 0 unspecified atom stereocenters. The third kappa shape index (κ3) is 5.75. The first kappa shape index (κ1) is 20.8. The van der Waals surface area contributed by atoms with E-state index in [4.69, 9.17) is 25.2 Å². The lowest BCUT2D eigenvalue weighted by atomic mass is 9.86. The minimum atomic E-state index is -2.27. The van der Waals surface area contributed by atoms with Crippen molar-refractivity contribution in [2.75, 3.05) is 19.6 Å². The maximum atomic E-state index is 11.9. The highest BCUT2D eigenvalue weighted by molar-refractivity contribution is 5.89. The van der Waals surface area contributed by atoms with Crippen LogP contribution in [0.2, 0.25) is 0 Å². The number of esters is 1. The van der Waals surface area contributed by atoms with E-state index in [0.717, 1.165) is 6.54 Å². The van der Waals surface area contributed by atoms with E-state index in [1.807, 2.05) is 30.3 Å². The molecular weight excluding hydrogens is 358 g/mol. The zero-order valence-corrected chi connectivity index (χ0v) is 14.6. The number of carboxylic acid groups (broad SMARTS) is 2. The molecule has 3 aliphatic rings. The summed E-state index contributed by atoms with van der Waals surface area (Å²) < 4.78 is 5.63. The van der Waals surface area contributed by atoms with Crippen molar-refractivity contribution < 1.29 is 39.5 Å². The minimum Gasteiger partial charge on any atom is -0.479 e. The van der Waals surface area contributed by atoms with Crippen LogP contribution in [0.25, 0.3) is 0 Å². The van der Waals surface area contributed by atoms with Crippen LogP contribution in [0.4, 0.5) is 0 Å². The average Bonchev–Trinajstić information content (AvgIpc) is 2.68. The number of piperidine rings is 3. The fourth-order valence-corrected chi connectivity index (χ4v) is 3.09. The van der Waals surface area contributed by atoms with Crippen molar-refractivity contribution in [1.82, 2.24) is 4.90 Å². The van der Waals surface area contributed by atoms with Crippen LogP contribution in [0, 0.1) is 5.92 Å². The molecule has 9 nitrogen and oxygen atoms in total. The van der Waals surface area contributed by atoms with Gasteiger partial charge in [0.15, 0.2) is 12.2 Å². The normalized spacial score (nSPS) is 25.5. The summed E-state index contributed by atoms with van der Waals surface area (Å²) in [6, 6.07) is 9.26. The van der Waals surface area contributed by atoms with Crippen LogP contribution in [0.5, 0.6) is 0 Å². The van der Waals surface area contributed by atoms with E-state index in [2.05, 4.69) is 4.90 Å². The van der Waals surface area contributed by atoms with Gasteiger partial charge in [0.1, 0.15) is 6.10 Å². The summed E-state index contributed by atoms with van der Waals surface area (Å²) in [6.45, 7) is 3.26. The topological polar surface area (TPSA) is 145 Å². The number of aliphatic hydroxyl groups excluding tert-OH is 2. The highest BCUT2D eigenvalue weighted by atomic mass is 16.5. The van der Waals surface area contributed by atoms with Crippen LogP contribution >= 0.6 is 0 Å². The molecule has 2 bridgehead atoms. The Balaban J connectivity index is 0.000000227. The Kier molecular flexibility index (Phi) is 7.28. The third-order valence-electron chi connectivity index (χ3n) is 4.67. The minimum absolute atomic E-state index is 0.102. The molecule has 4 N–H and O–H groups in total. The van der Waals surface area contributed by atoms with Crippen LogP contribution < -0.4 is 0 Å². The quantitative estimate of drug-likeness (QED) is 0.510. The number of nitrogens with zero attached hydrogens (tertiary/aromatic N) is 1. The molecule has 27 heavy (non-hydrogen) atoms. The van der Waals surface area contributed by atoms with Gasteiger partial charge in [-0.3, -0.25) is 4.90 Å². The maximum Gasteiger partial charge on any atom is 0.338 e. The summed E-state index contributed by atoms with van der Waals surface area (Å²) >= 11 is 0. The van der Waals surface area contributed by atoms with E-state index in [1.165, 1.54) is 25.9 Å². The zero-order valence-electron chi connectivity index (χ0n) is 14.6. The Morgan fingerprint density at radius 2 is 1.48 bits per heavy atom. The van der Waals surface area contributed by atoms with E-state index in [9.17, 15) is 14.4 Å². The number of hydrogen-bond acceptors (Lipinski definition) is 7. The smallest absolute Gasteiger partial charge is 0.338 e. The van der Waals surface area contributed by atoms with Gasteiger partial charge in [0.05, 0.1) is 5.56 Å². The lowest BCUT2D eigenvalue weighted by Gasteiger charge is -2.43. The molecule has 4 rings (SSSR count). The number of hydrogen-bond donors (Lipinski definition) is 4. The molecule has 0 spiro atoms. The van der Waals surface area contributed by atoms with E-state index in [-0.39, 0.29) is 12.1 Å². The monoisotopic (exact) mass is 381 g/mol. The summed E-state index contributed by atoms with van der Waals surface area (Å²) in [6.07, 6.45) is -2.08. The molecular formula is C18H23NO8. The number of carbonyl (C=O) groups is 3. The van der Waals surface area contributed by atoms with E-state index in [1.54, 1.807) is 0 Å². The van der Waals surface area contributed by atoms with E-state index < -0.39 is 24.1 Å². The van der Waals surface area contributed by atoms with Crippen molar-refractivity contribution in [3.05, 3.63) is 35.9 Å². The van der Waals surface area contributed by atoms with Crippen LogP contribution in [-0.4, -0.2) is 81.2 Å². The summed E-state index contributed by atoms with van der Waals surface area (Å²) in [5.74, 6) is -3.14. The number of benzene rings is 1. The van der Waals surface area contributed by atoms with Gasteiger partial charge < -0.3 is 25.2 Å². The first-order valence-corrected chi connectivity index (χ1v) is 8.59. The second-order valence-corrected chi connectivity index (χ2v) is 6.51. The molecule has 3 heterocycles. The summed E-state index contributed by atoms with van der Waals surface area (Å²) in [7, 11) is 0. The first-order valence-electron chi connectivity index (χ1n) is 8.59. The Hall–Kier alpha value is -2.49.